The smallest absolute Gasteiger partial charge is 0.270 e. The summed E-state index contributed by atoms with van der Waals surface area (Å²) in [6, 6.07) is 3.34. The van der Waals surface area contributed by atoms with E-state index in [4.69, 9.17) is 5.41 Å². The van der Waals surface area contributed by atoms with Crippen molar-refractivity contribution >= 4 is 35.1 Å². The Labute approximate surface area is 145 Å². The molecule has 0 bridgehead atoms. The zero-order chi connectivity index (χ0) is 18.6. The molecule has 2 heterocycles. The maximum Gasteiger partial charge on any atom is 0.270 e. The Hall–Kier alpha value is -3.10. The highest BCUT2D eigenvalue weighted by Crippen LogP contribution is 2.12. The predicted octanol–water partition coefficient (Wildman–Crippen LogP) is 0.791. The summed E-state index contributed by atoms with van der Waals surface area (Å²) in [6.45, 7) is 4.07. The summed E-state index contributed by atoms with van der Waals surface area (Å²) in [5, 5.41) is 14.4. The molecule has 0 saturated carbocycles. The summed E-state index contributed by atoms with van der Waals surface area (Å²) >= 11 is 0. The fourth-order valence-corrected chi connectivity index (χ4v) is 2.31. The SMILES string of the molecule is CCN(C)C(=O)C(C=N)C(=NC)C(=O)Nc1ccn2nc(C)nc2c1. The summed E-state index contributed by atoms with van der Waals surface area (Å²) in [5.41, 5.74) is 1.08. The van der Waals surface area contributed by atoms with E-state index >= 15 is 0 Å². The van der Waals surface area contributed by atoms with Crippen LogP contribution in [0.3, 0.4) is 0 Å². The van der Waals surface area contributed by atoms with Crippen LogP contribution in [0.1, 0.15) is 12.7 Å². The molecular formula is C16H21N7O2. The van der Waals surface area contributed by atoms with E-state index in [-0.39, 0.29) is 11.6 Å². The van der Waals surface area contributed by atoms with Gasteiger partial charge in [0.05, 0.1) is 0 Å². The van der Waals surface area contributed by atoms with Crippen LogP contribution in [0.5, 0.6) is 0 Å². The van der Waals surface area contributed by atoms with E-state index < -0.39 is 11.8 Å². The van der Waals surface area contributed by atoms with Gasteiger partial charge in [0, 0.05) is 44.8 Å². The molecule has 0 saturated heterocycles. The molecule has 2 amide bonds. The Bertz CT molecular complexity index is 840. The molecule has 132 valence electrons. The summed E-state index contributed by atoms with van der Waals surface area (Å²) in [6.07, 6.45) is 2.61. The minimum atomic E-state index is -1.02. The van der Waals surface area contributed by atoms with Gasteiger partial charge in [0.25, 0.3) is 5.91 Å². The molecule has 0 fully saturated rings. The maximum absolute atomic E-state index is 12.5. The van der Waals surface area contributed by atoms with Gasteiger partial charge in [0.15, 0.2) is 5.65 Å². The molecule has 9 nitrogen and oxygen atoms in total. The minimum absolute atomic E-state index is 0.0159. The second-order valence-electron chi connectivity index (χ2n) is 5.44. The number of carbonyl (C=O) groups is 2. The van der Waals surface area contributed by atoms with E-state index in [9.17, 15) is 9.59 Å². The van der Waals surface area contributed by atoms with Crippen LogP contribution in [0.2, 0.25) is 0 Å². The second-order valence-corrected chi connectivity index (χ2v) is 5.44. The number of amides is 2. The van der Waals surface area contributed by atoms with Crippen LogP contribution in [0.4, 0.5) is 5.69 Å². The number of hydrogen-bond acceptors (Lipinski definition) is 6. The zero-order valence-corrected chi connectivity index (χ0v) is 14.6. The Morgan fingerprint density at radius 2 is 2.24 bits per heavy atom. The van der Waals surface area contributed by atoms with E-state index in [1.807, 2.05) is 6.92 Å². The van der Waals surface area contributed by atoms with Gasteiger partial charge >= 0.3 is 0 Å². The van der Waals surface area contributed by atoms with Gasteiger partial charge in [-0.25, -0.2) is 9.50 Å². The van der Waals surface area contributed by atoms with E-state index in [1.165, 1.54) is 11.9 Å². The van der Waals surface area contributed by atoms with Crippen molar-refractivity contribution in [3.63, 3.8) is 0 Å². The fraction of sp³-hybridized carbons (Fsp3) is 0.375. The standard InChI is InChI=1S/C16H21N7O2/c1-5-22(4)16(25)12(9-17)14(18-3)15(24)20-11-6-7-23-13(8-11)19-10(2)21-23/h6-9,12,17H,5H2,1-4H3,(H,20,24). The first-order valence-corrected chi connectivity index (χ1v) is 7.77. The van der Waals surface area contributed by atoms with Crippen molar-refractivity contribution in [3.8, 4) is 0 Å². The highest BCUT2D eigenvalue weighted by molar-refractivity contribution is 6.49. The number of aryl methyl sites for hydroxylation is 1. The number of carbonyl (C=O) groups excluding carboxylic acids is 2. The topological polar surface area (TPSA) is 116 Å². The second kappa shape index (κ2) is 7.65. The highest BCUT2D eigenvalue weighted by Gasteiger charge is 2.29. The first-order valence-electron chi connectivity index (χ1n) is 7.77. The van der Waals surface area contributed by atoms with Crippen LogP contribution < -0.4 is 5.32 Å². The Morgan fingerprint density at radius 1 is 1.52 bits per heavy atom. The number of fused-ring (bicyclic) bond motifs is 1. The van der Waals surface area contributed by atoms with Gasteiger partial charge in [-0.1, -0.05) is 0 Å². The molecule has 1 unspecified atom stereocenters. The van der Waals surface area contributed by atoms with Crippen LogP contribution >= 0.6 is 0 Å². The molecular weight excluding hydrogens is 322 g/mol. The Morgan fingerprint density at radius 3 is 2.84 bits per heavy atom. The van der Waals surface area contributed by atoms with Gasteiger partial charge in [-0.2, -0.15) is 5.10 Å². The lowest BCUT2D eigenvalue weighted by molar-refractivity contribution is -0.130. The van der Waals surface area contributed by atoms with Gasteiger partial charge in [0.2, 0.25) is 5.91 Å². The molecule has 25 heavy (non-hydrogen) atoms. The third-order valence-electron chi connectivity index (χ3n) is 3.75. The third-order valence-corrected chi connectivity index (χ3v) is 3.75. The number of hydrogen-bond donors (Lipinski definition) is 2. The van der Waals surface area contributed by atoms with Gasteiger partial charge in [-0.3, -0.25) is 14.6 Å². The van der Waals surface area contributed by atoms with Crippen molar-refractivity contribution in [2.45, 2.75) is 13.8 Å². The minimum Gasteiger partial charge on any atom is -0.345 e. The molecule has 2 N–H and O–H groups in total. The molecule has 1 atom stereocenters. The summed E-state index contributed by atoms with van der Waals surface area (Å²) < 4.78 is 1.60. The normalized spacial score (nSPS) is 12.7. The number of anilines is 1. The molecule has 9 heteroatoms. The number of nitrogens with one attached hydrogen (secondary N) is 2. The van der Waals surface area contributed by atoms with Crippen molar-refractivity contribution in [2.24, 2.45) is 10.9 Å². The van der Waals surface area contributed by atoms with Gasteiger partial charge in [0.1, 0.15) is 17.5 Å². The molecule has 0 aliphatic heterocycles. The largest absolute Gasteiger partial charge is 0.345 e. The van der Waals surface area contributed by atoms with E-state index in [0.717, 1.165) is 6.21 Å². The lowest BCUT2D eigenvalue weighted by Crippen LogP contribution is -2.42. The number of aromatic nitrogens is 3. The first-order chi connectivity index (χ1) is 11.9. The molecule has 0 aliphatic carbocycles. The lowest BCUT2D eigenvalue weighted by Gasteiger charge is -2.20. The van der Waals surface area contributed by atoms with Crippen molar-refractivity contribution in [2.75, 3.05) is 26.0 Å². The summed E-state index contributed by atoms with van der Waals surface area (Å²) in [7, 11) is 3.04. The molecule has 0 aliphatic rings. The van der Waals surface area contributed by atoms with Crippen molar-refractivity contribution in [3.05, 3.63) is 24.2 Å². The highest BCUT2D eigenvalue weighted by atomic mass is 16.2. The molecule has 2 rings (SSSR count). The predicted molar refractivity (Wildman–Crippen MR) is 95.3 cm³/mol. The number of nitrogens with zero attached hydrogens (tertiary/aromatic N) is 5. The molecule has 2 aromatic rings. The Balaban J connectivity index is 2.23. The molecule has 0 aromatic carbocycles. The van der Waals surface area contributed by atoms with Crippen LogP contribution in [-0.4, -0.2) is 63.9 Å². The van der Waals surface area contributed by atoms with E-state index in [0.29, 0.717) is 23.7 Å². The number of pyridine rings is 1. The van der Waals surface area contributed by atoms with E-state index in [1.54, 1.807) is 36.8 Å². The number of aliphatic imine (C=N–C) groups is 1. The quantitative estimate of drug-likeness (QED) is 0.754. The molecule has 2 aromatic heterocycles. The maximum atomic E-state index is 12.5. The number of rotatable bonds is 6. The Kier molecular flexibility index (Phi) is 5.58. The first kappa shape index (κ1) is 18.2. The average Bonchev–Trinajstić information content (AvgIpc) is 2.97. The molecule has 0 spiro atoms. The van der Waals surface area contributed by atoms with Gasteiger partial charge < -0.3 is 15.6 Å². The van der Waals surface area contributed by atoms with Crippen LogP contribution in [0.15, 0.2) is 23.3 Å². The third kappa shape index (κ3) is 3.87. The zero-order valence-electron chi connectivity index (χ0n) is 14.6. The fourth-order valence-electron chi connectivity index (χ4n) is 2.31. The molecule has 0 radical (unpaired) electrons. The summed E-state index contributed by atoms with van der Waals surface area (Å²) in [4.78, 5) is 34.5. The van der Waals surface area contributed by atoms with Gasteiger partial charge in [-0.05, 0) is 19.9 Å². The average molecular weight is 343 g/mol. The van der Waals surface area contributed by atoms with Gasteiger partial charge in [-0.15, -0.1) is 0 Å². The van der Waals surface area contributed by atoms with Crippen molar-refractivity contribution in [1.82, 2.24) is 19.5 Å². The van der Waals surface area contributed by atoms with E-state index in [2.05, 4.69) is 20.4 Å². The van der Waals surface area contributed by atoms with Crippen molar-refractivity contribution in [1.29, 1.82) is 5.41 Å². The monoisotopic (exact) mass is 343 g/mol. The van der Waals surface area contributed by atoms with Crippen LogP contribution in [-0.2, 0) is 9.59 Å². The summed E-state index contributed by atoms with van der Waals surface area (Å²) in [5.74, 6) is -1.28. The lowest BCUT2D eigenvalue weighted by atomic mass is 10.0. The van der Waals surface area contributed by atoms with Crippen molar-refractivity contribution < 1.29 is 9.59 Å². The van der Waals surface area contributed by atoms with Crippen LogP contribution in [0, 0.1) is 18.3 Å². The van der Waals surface area contributed by atoms with Crippen LogP contribution in [0.25, 0.3) is 5.65 Å².